The molecule has 0 aliphatic carbocycles. The summed E-state index contributed by atoms with van der Waals surface area (Å²) in [7, 11) is 2.27. The normalized spacial score (nSPS) is 15.7. The number of methoxy groups -OCH3 is 2. The van der Waals surface area contributed by atoms with Gasteiger partial charge in [0.05, 0.1) is 44.0 Å². The van der Waals surface area contributed by atoms with Crippen molar-refractivity contribution >= 4 is 17.6 Å². The number of ether oxygens (including phenoxy) is 3. The number of allylic oxidation sites excluding steroid dienone is 1. The third-order valence-electron chi connectivity index (χ3n) is 5.36. The van der Waals surface area contributed by atoms with E-state index >= 15 is 4.39 Å². The lowest BCUT2D eigenvalue weighted by Gasteiger charge is -2.36. The van der Waals surface area contributed by atoms with Crippen LogP contribution in [0.2, 0.25) is 0 Å². The zero-order valence-corrected chi connectivity index (χ0v) is 19.9. The van der Waals surface area contributed by atoms with Gasteiger partial charge in [0, 0.05) is 0 Å². The molecule has 2 N–H and O–H groups in total. The molecule has 1 atom stereocenters. The van der Waals surface area contributed by atoms with Crippen LogP contribution in [-0.4, -0.2) is 32.8 Å². The van der Waals surface area contributed by atoms with Crippen molar-refractivity contribution in [2.24, 2.45) is 11.7 Å². The second-order valence-corrected chi connectivity index (χ2v) is 8.13. The first-order valence-corrected chi connectivity index (χ1v) is 10.8. The van der Waals surface area contributed by atoms with Crippen molar-refractivity contribution in [2.75, 3.05) is 25.7 Å². The summed E-state index contributed by atoms with van der Waals surface area (Å²) in [6.07, 6.45) is 0. The van der Waals surface area contributed by atoms with Crippen molar-refractivity contribution in [1.82, 2.24) is 0 Å². The molecule has 0 bridgehead atoms. The zero-order valence-electron chi connectivity index (χ0n) is 19.9. The molecular formula is C26H26FN3O5. The lowest BCUT2D eigenvalue weighted by Crippen LogP contribution is -2.41. The van der Waals surface area contributed by atoms with E-state index in [0.29, 0.717) is 5.56 Å². The fourth-order valence-corrected chi connectivity index (χ4v) is 3.83. The van der Waals surface area contributed by atoms with Gasteiger partial charge in [0.1, 0.15) is 23.0 Å². The lowest BCUT2D eigenvalue weighted by atomic mass is 9.81. The Labute approximate surface area is 203 Å². The smallest absolute Gasteiger partial charge is 0.355 e. The molecule has 9 heteroatoms. The van der Waals surface area contributed by atoms with Gasteiger partial charge in [0.25, 0.3) is 0 Å². The maximum atomic E-state index is 15.4. The average Bonchev–Trinajstić information content (AvgIpc) is 2.86. The monoisotopic (exact) mass is 479 g/mol. The van der Waals surface area contributed by atoms with Gasteiger partial charge < -0.3 is 19.9 Å². The topological polar surface area (TPSA) is 115 Å². The molecule has 0 amide bonds. The van der Waals surface area contributed by atoms with Crippen LogP contribution in [0.4, 0.5) is 10.1 Å². The first-order valence-electron chi connectivity index (χ1n) is 10.8. The van der Waals surface area contributed by atoms with E-state index in [1.165, 1.54) is 12.1 Å². The van der Waals surface area contributed by atoms with E-state index < -0.39 is 23.7 Å². The fraction of sp³-hybridized carbons (Fsp3) is 0.269. The number of anilines is 1. The van der Waals surface area contributed by atoms with Gasteiger partial charge in [0.2, 0.25) is 0 Å². The van der Waals surface area contributed by atoms with Crippen LogP contribution in [0.3, 0.4) is 0 Å². The second kappa shape index (κ2) is 10.7. The molecule has 0 saturated heterocycles. The predicted molar refractivity (Wildman–Crippen MR) is 126 cm³/mol. The van der Waals surface area contributed by atoms with Crippen molar-refractivity contribution in [3.8, 4) is 11.8 Å². The SMILES string of the molecule is COC(=O)C1=C(C(=O)OC)N(c2c(F)cccc2OCC(C)C)C(N)=C(C#N)C1c1ccccc1. The van der Waals surface area contributed by atoms with Gasteiger partial charge in [-0.05, 0) is 23.6 Å². The van der Waals surface area contributed by atoms with Gasteiger partial charge in [0.15, 0.2) is 5.82 Å². The summed E-state index contributed by atoms with van der Waals surface area (Å²) < 4.78 is 31.1. The van der Waals surface area contributed by atoms with Gasteiger partial charge in [-0.2, -0.15) is 5.26 Å². The fourth-order valence-electron chi connectivity index (χ4n) is 3.83. The molecule has 2 aromatic carbocycles. The minimum Gasteiger partial charge on any atom is -0.491 e. The number of rotatable bonds is 7. The quantitative estimate of drug-likeness (QED) is 0.597. The number of esters is 2. The standard InChI is InChI=1S/C26H26FN3O5/c1-15(2)14-35-19-12-8-11-18(27)22(19)30-23(26(32)34-4)21(25(31)33-3)20(17(13-28)24(30)29)16-9-6-5-7-10-16/h5-12,15,20H,14,29H2,1-4H3. The summed E-state index contributed by atoms with van der Waals surface area (Å²) in [4.78, 5) is 27.2. The van der Waals surface area contributed by atoms with Crippen LogP contribution < -0.4 is 15.4 Å². The average molecular weight is 480 g/mol. The molecular weight excluding hydrogens is 453 g/mol. The summed E-state index contributed by atoms with van der Waals surface area (Å²) >= 11 is 0. The van der Waals surface area contributed by atoms with Gasteiger partial charge in [-0.15, -0.1) is 0 Å². The molecule has 1 aliphatic rings. The van der Waals surface area contributed by atoms with Crippen LogP contribution in [0.25, 0.3) is 0 Å². The largest absolute Gasteiger partial charge is 0.491 e. The molecule has 1 aliphatic heterocycles. The molecule has 35 heavy (non-hydrogen) atoms. The Morgan fingerprint density at radius 1 is 1.09 bits per heavy atom. The first kappa shape index (κ1) is 25.3. The van der Waals surface area contributed by atoms with Gasteiger partial charge in [-0.25, -0.2) is 14.0 Å². The van der Waals surface area contributed by atoms with Crippen molar-refractivity contribution in [1.29, 1.82) is 5.26 Å². The minimum absolute atomic E-state index is 0.0673. The van der Waals surface area contributed by atoms with Crippen LogP contribution in [-0.2, 0) is 19.1 Å². The van der Waals surface area contributed by atoms with E-state index in [2.05, 4.69) is 0 Å². The molecule has 1 heterocycles. The van der Waals surface area contributed by atoms with Gasteiger partial charge in [-0.1, -0.05) is 50.2 Å². The van der Waals surface area contributed by atoms with E-state index in [1.54, 1.807) is 30.3 Å². The Kier molecular flexibility index (Phi) is 7.76. The molecule has 8 nitrogen and oxygen atoms in total. The van der Waals surface area contributed by atoms with E-state index in [9.17, 15) is 14.9 Å². The maximum Gasteiger partial charge on any atom is 0.355 e. The van der Waals surface area contributed by atoms with E-state index in [1.807, 2.05) is 19.9 Å². The number of halogens is 1. The Bertz CT molecular complexity index is 1230. The van der Waals surface area contributed by atoms with Crippen LogP contribution in [0.15, 0.2) is 71.2 Å². The highest BCUT2D eigenvalue weighted by Crippen LogP contribution is 2.46. The molecule has 3 rings (SSSR count). The van der Waals surface area contributed by atoms with Crippen molar-refractivity contribution < 1.29 is 28.2 Å². The number of nitriles is 1. The Balaban J connectivity index is 2.42. The third kappa shape index (κ3) is 4.82. The van der Waals surface area contributed by atoms with Gasteiger partial charge >= 0.3 is 11.9 Å². The van der Waals surface area contributed by atoms with Crippen LogP contribution in [0.1, 0.15) is 25.3 Å². The Morgan fingerprint density at radius 2 is 1.74 bits per heavy atom. The first-order chi connectivity index (χ1) is 16.8. The Hall–Kier alpha value is -4.32. The number of carbonyl (C=O) groups excluding carboxylic acids is 2. The minimum atomic E-state index is -1.05. The molecule has 0 aromatic heterocycles. The summed E-state index contributed by atoms with van der Waals surface area (Å²) in [5, 5.41) is 10.1. The molecule has 0 fully saturated rings. The third-order valence-corrected chi connectivity index (χ3v) is 5.36. The molecule has 1 unspecified atom stereocenters. The van der Waals surface area contributed by atoms with Crippen molar-refractivity contribution in [3.63, 3.8) is 0 Å². The highest BCUT2D eigenvalue weighted by Gasteiger charge is 2.44. The lowest BCUT2D eigenvalue weighted by molar-refractivity contribution is -0.139. The molecule has 182 valence electrons. The summed E-state index contributed by atoms with van der Waals surface area (Å²) in [6, 6.07) is 14.7. The van der Waals surface area contributed by atoms with Gasteiger partial charge in [-0.3, -0.25) is 4.90 Å². The zero-order chi connectivity index (χ0) is 25.7. The molecule has 2 aromatic rings. The van der Waals surface area contributed by atoms with E-state index in [4.69, 9.17) is 19.9 Å². The number of nitrogens with two attached hydrogens (primary N) is 1. The summed E-state index contributed by atoms with van der Waals surface area (Å²) in [5.41, 5.74) is 6.07. The summed E-state index contributed by atoms with van der Waals surface area (Å²) in [5.74, 6) is -3.76. The summed E-state index contributed by atoms with van der Waals surface area (Å²) in [6.45, 7) is 4.08. The van der Waals surface area contributed by atoms with Crippen LogP contribution in [0, 0.1) is 23.1 Å². The molecule has 0 spiro atoms. The maximum absolute atomic E-state index is 15.4. The number of nitrogens with zero attached hydrogens (tertiary/aromatic N) is 2. The van der Waals surface area contributed by atoms with Crippen molar-refractivity contribution in [2.45, 2.75) is 19.8 Å². The van der Waals surface area contributed by atoms with E-state index in [-0.39, 0.29) is 46.6 Å². The number of hydrogen-bond donors (Lipinski definition) is 1. The highest BCUT2D eigenvalue weighted by molar-refractivity contribution is 6.06. The van der Waals surface area contributed by atoms with Crippen molar-refractivity contribution in [3.05, 3.63) is 82.6 Å². The molecule has 0 radical (unpaired) electrons. The predicted octanol–water partition coefficient (Wildman–Crippen LogP) is 3.76. The number of benzene rings is 2. The number of hydrogen-bond acceptors (Lipinski definition) is 8. The van der Waals surface area contributed by atoms with Crippen LogP contribution >= 0.6 is 0 Å². The second-order valence-electron chi connectivity index (χ2n) is 8.13. The number of para-hydroxylation sites is 1. The Morgan fingerprint density at radius 3 is 2.31 bits per heavy atom. The number of carbonyl (C=O) groups is 2. The highest BCUT2D eigenvalue weighted by atomic mass is 19.1. The van der Waals surface area contributed by atoms with E-state index in [0.717, 1.165) is 25.2 Å². The van der Waals surface area contributed by atoms with Crippen LogP contribution in [0.5, 0.6) is 5.75 Å². The molecule has 0 saturated carbocycles.